The zero-order valence-corrected chi connectivity index (χ0v) is 10.1. The maximum Gasteiger partial charge on any atom is 0.195 e. The highest BCUT2D eigenvalue weighted by atomic mass is 16.5. The van der Waals surface area contributed by atoms with Crippen molar-refractivity contribution in [1.29, 1.82) is 0 Å². The van der Waals surface area contributed by atoms with Gasteiger partial charge in [-0.25, -0.2) is 4.98 Å². The molecular weight excluding hydrogens is 220 g/mol. The number of rotatable bonds is 5. The van der Waals surface area contributed by atoms with Crippen LogP contribution in [0.4, 0.5) is 0 Å². The summed E-state index contributed by atoms with van der Waals surface area (Å²) in [5.74, 6) is 1.48. The average Bonchev–Trinajstić information content (AvgIpc) is 2.75. The second-order valence-electron chi connectivity index (χ2n) is 4.30. The molecule has 1 saturated heterocycles. The van der Waals surface area contributed by atoms with E-state index in [0.717, 1.165) is 39.3 Å². The van der Waals surface area contributed by atoms with Crippen LogP contribution in [0.1, 0.15) is 18.6 Å². The van der Waals surface area contributed by atoms with Gasteiger partial charge in [-0.2, -0.15) is 0 Å². The largest absolute Gasteiger partial charge is 0.445 e. The Labute approximate surface area is 101 Å². The topological polar surface area (TPSA) is 55.6 Å². The summed E-state index contributed by atoms with van der Waals surface area (Å²) in [7, 11) is 0. The first-order valence-electron chi connectivity index (χ1n) is 5.97. The fourth-order valence-corrected chi connectivity index (χ4v) is 1.87. The standard InChI is InChI=1S/C12H18N2O3/c1-10(15)8-11-9-13-12(17-11)2-3-14-4-6-16-7-5-14/h9H,2-8H2,1H3. The van der Waals surface area contributed by atoms with E-state index in [-0.39, 0.29) is 5.78 Å². The Balaban J connectivity index is 1.78. The molecule has 0 atom stereocenters. The molecule has 5 nitrogen and oxygen atoms in total. The summed E-state index contributed by atoms with van der Waals surface area (Å²) in [5, 5.41) is 0. The van der Waals surface area contributed by atoms with Crippen LogP contribution in [-0.4, -0.2) is 48.5 Å². The van der Waals surface area contributed by atoms with Crippen molar-refractivity contribution in [1.82, 2.24) is 9.88 Å². The number of carbonyl (C=O) groups excluding carboxylic acids is 1. The van der Waals surface area contributed by atoms with E-state index < -0.39 is 0 Å². The molecule has 0 N–H and O–H groups in total. The number of Topliss-reactive ketones (excluding diaryl/α,β-unsaturated/α-hetero) is 1. The Bertz CT molecular complexity index is 370. The molecule has 0 spiro atoms. The predicted molar refractivity (Wildman–Crippen MR) is 61.9 cm³/mol. The number of hydrogen-bond acceptors (Lipinski definition) is 5. The number of oxazole rings is 1. The highest BCUT2D eigenvalue weighted by Gasteiger charge is 2.12. The van der Waals surface area contributed by atoms with Crippen molar-refractivity contribution in [2.24, 2.45) is 0 Å². The molecule has 0 unspecified atom stereocenters. The van der Waals surface area contributed by atoms with E-state index in [9.17, 15) is 4.79 Å². The van der Waals surface area contributed by atoms with Gasteiger partial charge in [-0.3, -0.25) is 9.69 Å². The van der Waals surface area contributed by atoms with E-state index in [4.69, 9.17) is 9.15 Å². The van der Waals surface area contributed by atoms with Crippen molar-refractivity contribution >= 4 is 5.78 Å². The Hall–Kier alpha value is -1.20. The third-order valence-corrected chi connectivity index (χ3v) is 2.77. The summed E-state index contributed by atoms with van der Waals surface area (Å²) >= 11 is 0. The zero-order chi connectivity index (χ0) is 12.1. The second kappa shape index (κ2) is 5.93. The van der Waals surface area contributed by atoms with Crippen LogP contribution in [-0.2, 0) is 22.4 Å². The van der Waals surface area contributed by atoms with Crippen LogP contribution >= 0.6 is 0 Å². The molecule has 1 aromatic heterocycles. The lowest BCUT2D eigenvalue weighted by Gasteiger charge is -2.25. The molecule has 0 saturated carbocycles. The second-order valence-corrected chi connectivity index (χ2v) is 4.30. The Morgan fingerprint density at radius 3 is 2.94 bits per heavy atom. The quantitative estimate of drug-likeness (QED) is 0.755. The minimum absolute atomic E-state index is 0.0980. The molecule has 1 fully saturated rings. The van der Waals surface area contributed by atoms with Crippen LogP contribution in [0.25, 0.3) is 0 Å². The molecule has 1 aliphatic heterocycles. The van der Waals surface area contributed by atoms with Gasteiger partial charge < -0.3 is 9.15 Å². The van der Waals surface area contributed by atoms with Crippen LogP contribution in [0.5, 0.6) is 0 Å². The summed E-state index contributed by atoms with van der Waals surface area (Å²) in [5.41, 5.74) is 0. The number of ether oxygens (including phenoxy) is 1. The highest BCUT2D eigenvalue weighted by molar-refractivity contribution is 5.77. The Kier molecular flexibility index (Phi) is 4.28. The normalized spacial score (nSPS) is 17.2. The van der Waals surface area contributed by atoms with Gasteiger partial charge in [-0.1, -0.05) is 0 Å². The molecule has 0 aliphatic carbocycles. The predicted octanol–water partition coefficient (Wildman–Crippen LogP) is 0.681. The molecule has 2 rings (SSSR count). The van der Waals surface area contributed by atoms with Crippen LogP contribution in [0.15, 0.2) is 10.6 Å². The summed E-state index contributed by atoms with van der Waals surface area (Å²) in [6, 6.07) is 0. The van der Waals surface area contributed by atoms with Gasteiger partial charge >= 0.3 is 0 Å². The molecular formula is C12H18N2O3. The van der Waals surface area contributed by atoms with Crippen molar-refractivity contribution in [3.63, 3.8) is 0 Å². The van der Waals surface area contributed by atoms with E-state index in [1.165, 1.54) is 0 Å². The first-order valence-corrected chi connectivity index (χ1v) is 5.97. The first-order chi connectivity index (χ1) is 8.24. The third-order valence-electron chi connectivity index (χ3n) is 2.77. The van der Waals surface area contributed by atoms with Gasteiger partial charge in [0.05, 0.1) is 25.8 Å². The van der Waals surface area contributed by atoms with Crippen LogP contribution in [0.2, 0.25) is 0 Å². The number of nitrogens with zero attached hydrogens (tertiary/aromatic N) is 2. The molecule has 0 aromatic carbocycles. The lowest BCUT2D eigenvalue weighted by molar-refractivity contribution is -0.116. The van der Waals surface area contributed by atoms with Crippen LogP contribution in [0, 0.1) is 0 Å². The van der Waals surface area contributed by atoms with Gasteiger partial charge in [0.15, 0.2) is 5.89 Å². The molecule has 1 aromatic rings. The van der Waals surface area contributed by atoms with E-state index in [0.29, 0.717) is 18.1 Å². The molecule has 94 valence electrons. The number of morpholine rings is 1. The number of carbonyl (C=O) groups is 1. The fourth-order valence-electron chi connectivity index (χ4n) is 1.87. The van der Waals surface area contributed by atoms with Gasteiger partial charge in [-0.15, -0.1) is 0 Å². The molecule has 2 heterocycles. The van der Waals surface area contributed by atoms with E-state index in [2.05, 4.69) is 9.88 Å². The van der Waals surface area contributed by atoms with Crippen molar-refractivity contribution in [2.45, 2.75) is 19.8 Å². The molecule has 0 amide bonds. The maximum absolute atomic E-state index is 10.9. The monoisotopic (exact) mass is 238 g/mol. The van der Waals surface area contributed by atoms with Gasteiger partial charge in [0.1, 0.15) is 11.5 Å². The fraction of sp³-hybridized carbons (Fsp3) is 0.667. The molecule has 17 heavy (non-hydrogen) atoms. The van der Waals surface area contributed by atoms with Gasteiger partial charge in [0, 0.05) is 26.1 Å². The van der Waals surface area contributed by atoms with Crippen LogP contribution in [0.3, 0.4) is 0 Å². The summed E-state index contributed by atoms with van der Waals surface area (Å²) in [6.07, 6.45) is 2.78. The first kappa shape index (κ1) is 12.3. The summed E-state index contributed by atoms with van der Waals surface area (Å²) in [6.45, 7) is 6.05. The van der Waals surface area contributed by atoms with Crippen molar-refractivity contribution in [3.8, 4) is 0 Å². The highest BCUT2D eigenvalue weighted by Crippen LogP contribution is 2.07. The van der Waals surface area contributed by atoms with Gasteiger partial charge in [0.25, 0.3) is 0 Å². The summed E-state index contributed by atoms with van der Waals surface area (Å²) in [4.78, 5) is 17.4. The SMILES string of the molecule is CC(=O)Cc1cnc(CCN2CCOCC2)o1. The lowest BCUT2D eigenvalue weighted by atomic mass is 10.3. The van der Waals surface area contributed by atoms with E-state index >= 15 is 0 Å². The minimum atomic E-state index is 0.0980. The molecule has 1 aliphatic rings. The van der Waals surface area contributed by atoms with Gasteiger partial charge in [-0.05, 0) is 6.92 Å². The zero-order valence-electron chi connectivity index (χ0n) is 10.1. The average molecular weight is 238 g/mol. The van der Waals surface area contributed by atoms with E-state index in [1.54, 1.807) is 13.1 Å². The summed E-state index contributed by atoms with van der Waals surface area (Å²) < 4.78 is 10.8. The third kappa shape index (κ3) is 3.94. The maximum atomic E-state index is 10.9. The van der Waals surface area contributed by atoms with Crippen LogP contribution < -0.4 is 0 Å². The smallest absolute Gasteiger partial charge is 0.195 e. The Morgan fingerprint density at radius 1 is 1.47 bits per heavy atom. The van der Waals surface area contributed by atoms with E-state index in [1.807, 2.05) is 0 Å². The van der Waals surface area contributed by atoms with Crippen molar-refractivity contribution in [2.75, 3.05) is 32.8 Å². The van der Waals surface area contributed by atoms with Crippen molar-refractivity contribution < 1.29 is 13.9 Å². The van der Waals surface area contributed by atoms with Crippen molar-refractivity contribution in [3.05, 3.63) is 17.8 Å². The number of aromatic nitrogens is 1. The number of hydrogen-bond donors (Lipinski definition) is 0. The number of ketones is 1. The van der Waals surface area contributed by atoms with Gasteiger partial charge in [0.2, 0.25) is 0 Å². The molecule has 0 radical (unpaired) electrons. The lowest BCUT2D eigenvalue weighted by Crippen LogP contribution is -2.37. The minimum Gasteiger partial charge on any atom is -0.445 e. The Morgan fingerprint density at radius 2 is 2.24 bits per heavy atom. The molecule has 5 heteroatoms. The molecule has 0 bridgehead atoms.